The molecule has 3 rings (SSSR count). The summed E-state index contributed by atoms with van der Waals surface area (Å²) in [6.45, 7) is 12.3. The second-order valence-electron chi connectivity index (χ2n) is 11.5. The highest BCUT2D eigenvalue weighted by atomic mass is 16.6. The Kier molecular flexibility index (Phi) is 24.9. The van der Waals surface area contributed by atoms with Gasteiger partial charge in [-0.05, 0) is 23.1 Å². The standard InChI is InChI=1S/C41H60O10/c1-2-3-19-42-20-21-43-22-23-44-24-25-45-26-27-46-28-29-47-30-31-48-32-33-49-34-35-50-36-37-51-41(38-13-7-4-8-14-38,39-15-9-5-10-16-39)40-17-11-6-12-18-40/h4-18H,2-3,19-37H2,1H3. The summed E-state index contributed by atoms with van der Waals surface area (Å²) in [5, 5.41) is 0. The summed E-state index contributed by atoms with van der Waals surface area (Å²) < 4.78 is 56.8. The molecule has 0 bridgehead atoms. The van der Waals surface area contributed by atoms with Crippen LogP contribution in [0.3, 0.4) is 0 Å². The molecule has 0 spiro atoms. The number of rotatable bonds is 34. The van der Waals surface area contributed by atoms with Gasteiger partial charge in [0.15, 0.2) is 0 Å². The number of benzene rings is 3. The van der Waals surface area contributed by atoms with E-state index in [4.69, 9.17) is 47.4 Å². The second-order valence-corrected chi connectivity index (χ2v) is 11.5. The molecule has 0 aliphatic heterocycles. The van der Waals surface area contributed by atoms with E-state index in [9.17, 15) is 0 Å². The van der Waals surface area contributed by atoms with Gasteiger partial charge in [-0.2, -0.15) is 0 Å². The van der Waals surface area contributed by atoms with Crippen molar-refractivity contribution in [3.8, 4) is 0 Å². The summed E-state index contributed by atoms with van der Waals surface area (Å²) in [6, 6.07) is 31.0. The lowest BCUT2D eigenvalue weighted by atomic mass is 9.80. The van der Waals surface area contributed by atoms with Crippen LogP contribution in [-0.2, 0) is 53.0 Å². The molecule has 0 atom stereocenters. The van der Waals surface area contributed by atoms with Crippen LogP contribution in [0.5, 0.6) is 0 Å². The van der Waals surface area contributed by atoms with Crippen LogP contribution in [0.15, 0.2) is 91.0 Å². The summed E-state index contributed by atoms with van der Waals surface area (Å²) in [4.78, 5) is 0. The molecule has 51 heavy (non-hydrogen) atoms. The second kappa shape index (κ2) is 29.8. The highest BCUT2D eigenvalue weighted by Crippen LogP contribution is 2.40. The molecule has 0 saturated carbocycles. The van der Waals surface area contributed by atoms with E-state index >= 15 is 0 Å². The first-order chi connectivity index (χ1) is 25.4. The number of hydrogen-bond donors (Lipinski definition) is 0. The van der Waals surface area contributed by atoms with E-state index in [1.165, 1.54) is 0 Å². The van der Waals surface area contributed by atoms with E-state index in [0.717, 1.165) is 36.1 Å². The summed E-state index contributed by atoms with van der Waals surface area (Å²) in [7, 11) is 0. The quantitative estimate of drug-likeness (QED) is 0.0547. The molecule has 0 radical (unpaired) electrons. The van der Waals surface area contributed by atoms with Crippen LogP contribution < -0.4 is 0 Å². The molecule has 284 valence electrons. The fourth-order valence-electron chi connectivity index (χ4n) is 5.13. The Labute approximate surface area is 305 Å². The predicted octanol–water partition coefficient (Wildman–Crippen LogP) is 5.94. The molecule has 10 nitrogen and oxygen atoms in total. The Balaban J connectivity index is 1.10. The van der Waals surface area contributed by atoms with E-state index in [2.05, 4.69) is 43.3 Å². The molecule has 0 aliphatic carbocycles. The normalized spacial score (nSPS) is 11.7. The summed E-state index contributed by atoms with van der Waals surface area (Å²) in [5.74, 6) is 0. The molecule has 10 heteroatoms. The average Bonchev–Trinajstić information content (AvgIpc) is 3.18. The molecule has 3 aromatic carbocycles. The van der Waals surface area contributed by atoms with Crippen molar-refractivity contribution in [2.45, 2.75) is 25.4 Å². The molecule has 0 aliphatic rings. The molecule has 0 fully saturated rings. The first-order valence-electron chi connectivity index (χ1n) is 18.4. The first-order valence-corrected chi connectivity index (χ1v) is 18.4. The van der Waals surface area contributed by atoms with Gasteiger partial charge in [0, 0.05) is 6.61 Å². The Morgan fingerprint density at radius 3 is 0.804 bits per heavy atom. The SMILES string of the molecule is CCCCOCCOCCOCCOCCOCCOCCOCCOCCOCCOC(c1ccccc1)(c1ccccc1)c1ccccc1. The Hall–Kier alpha value is -2.74. The highest BCUT2D eigenvalue weighted by Gasteiger charge is 2.37. The zero-order chi connectivity index (χ0) is 35.8. The third kappa shape index (κ3) is 18.5. The van der Waals surface area contributed by atoms with E-state index < -0.39 is 5.60 Å². The molecule has 0 heterocycles. The van der Waals surface area contributed by atoms with Crippen LogP contribution in [0.25, 0.3) is 0 Å². The maximum Gasteiger partial charge on any atom is 0.143 e. The van der Waals surface area contributed by atoms with Crippen LogP contribution in [0.2, 0.25) is 0 Å². The molecule has 0 aromatic heterocycles. The zero-order valence-corrected chi connectivity index (χ0v) is 30.6. The molecule has 0 N–H and O–H groups in total. The van der Waals surface area contributed by atoms with Crippen molar-refractivity contribution < 1.29 is 47.4 Å². The van der Waals surface area contributed by atoms with Crippen molar-refractivity contribution in [2.24, 2.45) is 0 Å². The average molecular weight is 713 g/mol. The van der Waals surface area contributed by atoms with Crippen molar-refractivity contribution in [1.29, 1.82) is 0 Å². The summed E-state index contributed by atoms with van der Waals surface area (Å²) in [5.41, 5.74) is 2.46. The van der Waals surface area contributed by atoms with Crippen molar-refractivity contribution in [1.82, 2.24) is 0 Å². The lowest BCUT2D eigenvalue weighted by Crippen LogP contribution is -2.34. The van der Waals surface area contributed by atoms with Crippen LogP contribution in [0, 0.1) is 0 Å². The minimum atomic E-state index is -0.747. The molecule has 0 saturated heterocycles. The number of hydrogen-bond acceptors (Lipinski definition) is 10. The van der Waals surface area contributed by atoms with E-state index in [1.54, 1.807) is 0 Å². The lowest BCUT2D eigenvalue weighted by Gasteiger charge is -2.36. The lowest BCUT2D eigenvalue weighted by molar-refractivity contribution is -0.0399. The fourth-order valence-corrected chi connectivity index (χ4v) is 5.13. The Morgan fingerprint density at radius 2 is 0.549 bits per heavy atom. The molecule has 0 unspecified atom stereocenters. The van der Waals surface area contributed by atoms with Crippen molar-refractivity contribution in [3.05, 3.63) is 108 Å². The topological polar surface area (TPSA) is 92.3 Å². The van der Waals surface area contributed by atoms with E-state index in [0.29, 0.717) is 119 Å². The van der Waals surface area contributed by atoms with Gasteiger partial charge in [0.2, 0.25) is 0 Å². The summed E-state index contributed by atoms with van der Waals surface area (Å²) >= 11 is 0. The van der Waals surface area contributed by atoms with E-state index in [1.807, 2.05) is 54.6 Å². The zero-order valence-electron chi connectivity index (χ0n) is 30.6. The third-order valence-corrected chi connectivity index (χ3v) is 7.71. The monoisotopic (exact) mass is 712 g/mol. The van der Waals surface area contributed by atoms with Gasteiger partial charge in [0.1, 0.15) is 5.60 Å². The van der Waals surface area contributed by atoms with Crippen molar-refractivity contribution >= 4 is 0 Å². The highest BCUT2D eigenvalue weighted by molar-refractivity contribution is 5.47. The van der Waals surface area contributed by atoms with Crippen LogP contribution in [0.4, 0.5) is 0 Å². The molecule has 0 amide bonds. The maximum absolute atomic E-state index is 6.73. The minimum Gasteiger partial charge on any atom is -0.379 e. The van der Waals surface area contributed by atoms with Gasteiger partial charge in [0.25, 0.3) is 0 Å². The van der Waals surface area contributed by atoms with Crippen LogP contribution >= 0.6 is 0 Å². The fraction of sp³-hybridized carbons (Fsp3) is 0.561. The molecular weight excluding hydrogens is 652 g/mol. The minimum absolute atomic E-state index is 0.420. The number of ether oxygens (including phenoxy) is 10. The smallest absolute Gasteiger partial charge is 0.143 e. The van der Waals surface area contributed by atoms with Crippen molar-refractivity contribution in [3.63, 3.8) is 0 Å². The number of unbranched alkanes of at least 4 members (excludes halogenated alkanes) is 1. The van der Waals surface area contributed by atoms with Crippen LogP contribution in [-0.4, -0.2) is 126 Å². The maximum atomic E-state index is 6.73. The Bertz CT molecular complexity index is 1070. The Morgan fingerprint density at radius 1 is 0.314 bits per heavy atom. The first kappa shape index (κ1) is 42.7. The third-order valence-electron chi connectivity index (χ3n) is 7.71. The van der Waals surface area contributed by atoms with Gasteiger partial charge in [-0.3, -0.25) is 0 Å². The largest absolute Gasteiger partial charge is 0.379 e. The molecule has 3 aromatic rings. The van der Waals surface area contributed by atoms with Gasteiger partial charge < -0.3 is 47.4 Å². The molecular formula is C41H60O10. The van der Waals surface area contributed by atoms with Crippen LogP contribution in [0.1, 0.15) is 36.5 Å². The summed E-state index contributed by atoms with van der Waals surface area (Å²) in [6.07, 6.45) is 2.24. The van der Waals surface area contributed by atoms with Gasteiger partial charge in [0.05, 0.1) is 119 Å². The predicted molar refractivity (Wildman–Crippen MR) is 197 cm³/mol. The van der Waals surface area contributed by atoms with Gasteiger partial charge in [-0.1, -0.05) is 104 Å². The van der Waals surface area contributed by atoms with Gasteiger partial charge in [-0.25, -0.2) is 0 Å². The van der Waals surface area contributed by atoms with E-state index in [-0.39, 0.29) is 0 Å². The van der Waals surface area contributed by atoms with Gasteiger partial charge >= 0.3 is 0 Å². The van der Waals surface area contributed by atoms with Gasteiger partial charge in [-0.15, -0.1) is 0 Å². The van der Waals surface area contributed by atoms with Crippen molar-refractivity contribution in [2.75, 3.05) is 126 Å².